The first kappa shape index (κ1) is 8.00. The van der Waals surface area contributed by atoms with E-state index in [0.29, 0.717) is 4.96 Å². The molecule has 2 rings (SSSR count). The second kappa shape index (κ2) is 2.70. The smallest absolute Gasteiger partial charge is 0.244 e. The maximum atomic E-state index is 10.8. The fraction of sp³-hybridized carbons (Fsp3) is 0.333. The Morgan fingerprint density at radius 2 is 2.50 bits per heavy atom. The van der Waals surface area contributed by atoms with Gasteiger partial charge in [0.15, 0.2) is 0 Å². The Balaban J connectivity index is 2.86. The zero-order valence-corrected chi connectivity index (χ0v) is 8.70. The molecular weight excluding hydrogens is 242 g/mol. The van der Waals surface area contributed by atoms with Crippen LogP contribution >= 0.6 is 27.3 Å². The van der Waals surface area contributed by atoms with E-state index in [1.807, 2.05) is 6.92 Å². The number of rotatable bonds is 1. The highest BCUT2D eigenvalue weighted by Gasteiger charge is 2.09. The van der Waals surface area contributed by atoms with Gasteiger partial charge in [-0.15, -0.1) is 0 Å². The van der Waals surface area contributed by atoms with E-state index in [1.54, 1.807) is 4.52 Å². The van der Waals surface area contributed by atoms with Crippen LogP contribution in [0.3, 0.4) is 0 Å². The lowest BCUT2D eigenvalue weighted by molar-refractivity contribution is 0.861. The average Bonchev–Trinajstić information content (AvgIpc) is 2.43. The lowest BCUT2D eigenvalue weighted by atomic mass is 10.4. The molecule has 4 nitrogen and oxygen atoms in total. The fourth-order valence-corrected chi connectivity index (χ4v) is 2.86. The van der Waals surface area contributed by atoms with Gasteiger partial charge in [0.2, 0.25) is 4.96 Å². The third-order valence-electron chi connectivity index (χ3n) is 1.61. The van der Waals surface area contributed by atoms with E-state index in [-0.39, 0.29) is 5.69 Å². The number of aryl methyl sites for hydroxylation is 1. The predicted molar refractivity (Wildman–Crippen MR) is 50.8 cm³/mol. The predicted octanol–water partition coefficient (Wildman–Crippen LogP) is 1.41. The van der Waals surface area contributed by atoms with Crippen LogP contribution in [-0.2, 0) is 6.42 Å². The van der Waals surface area contributed by atoms with E-state index < -0.39 is 0 Å². The number of halogens is 1. The topological polar surface area (TPSA) is 50.2 Å². The second-order valence-corrected chi connectivity index (χ2v) is 4.62. The maximum Gasteiger partial charge on any atom is 0.362 e. The molecule has 0 atom stereocenters. The van der Waals surface area contributed by atoms with Gasteiger partial charge in [0, 0.05) is 0 Å². The molecule has 2 aromatic rings. The molecule has 0 aliphatic carbocycles. The van der Waals surface area contributed by atoms with Crippen molar-refractivity contribution >= 4 is 32.2 Å². The minimum Gasteiger partial charge on any atom is -0.244 e. The molecule has 2 aromatic heterocycles. The molecule has 0 aliphatic heterocycles. The van der Waals surface area contributed by atoms with E-state index in [0.717, 1.165) is 15.9 Å². The molecule has 0 amide bonds. The maximum absolute atomic E-state index is 10.8. The number of nitrogens with zero attached hydrogens (tertiary/aromatic N) is 2. The van der Waals surface area contributed by atoms with Crippen molar-refractivity contribution < 1.29 is 0 Å². The molecule has 0 spiro atoms. The average molecular weight is 248 g/mol. The molecular formula is C6H6BrN3OS. The number of thiazole rings is 1. The van der Waals surface area contributed by atoms with Crippen LogP contribution in [-0.4, -0.2) is 14.6 Å². The summed E-state index contributed by atoms with van der Waals surface area (Å²) in [5.74, 6) is 0. The molecule has 0 aromatic carbocycles. The zero-order valence-electron chi connectivity index (χ0n) is 6.30. The summed E-state index contributed by atoms with van der Waals surface area (Å²) in [6, 6.07) is 0. The van der Waals surface area contributed by atoms with E-state index in [2.05, 4.69) is 26.0 Å². The standard InChI is InChI=1S/C6H6BrN3OS/c1-2-3-4(7)12-6-8-5(11)9-10(3)6/h2H2,1H3,(H,9,11). The van der Waals surface area contributed by atoms with E-state index >= 15 is 0 Å². The highest BCUT2D eigenvalue weighted by molar-refractivity contribution is 9.11. The SMILES string of the molecule is CCc1c(Br)sc2nc(=O)[nH]n12. The van der Waals surface area contributed by atoms with Gasteiger partial charge < -0.3 is 0 Å². The summed E-state index contributed by atoms with van der Waals surface area (Å²) in [6.07, 6.45) is 0.868. The van der Waals surface area contributed by atoms with Gasteiger partial charge in [-0.3, -0.25) is 0 Å². The number of hydrogen-bond acceptors (Lipinski definition) is 3. The molecule has 0 fully saturated rings. The Bertz CT molecular complexity index is 469. The Kier molecular flexibility index (Phi) is 1.80. The van der Waals surface area contributed by atoms with Crippen molar-refractivity contribution in [2.24, 2.45) is 0 Å². The van der Waals surface area contributed by atoms with Crippen molar-refractivity contribution in [1.82, 2.24) is 14.6 Å². The van der Waals surface area contributed by atoms with Crippen LogP contribution in [0.2, 0.25) is 0 Å². The molecule has 0 unspecified atom stereocenters. The van der Waals surface area contributed by atoms with Gasteiger partial charge in [-0.1, -0.05) is 18.3 Å². The number of nitrogens with one attached hydrogen (secondary N) is 1. The Morgan fingerprint density at radius 3 is 3.17 bits per heavy atom. The van der Waals surface area contributed by atoms with Gasteiger partial charge in [0.25, 0.3) is 0 Å². The molecule has 2 heterocycles. The van der Waals surface area contributed by atoms with Crippen LogP contribution in [0.5, 0.6) is 0 Å². The first-order chi connectivity index (χ1) is 5.72. The van der Waals surface area contributed by atoms with Crippen LogP contribution in [0.15, 0.2) is 8.58 Å². The van der Waals surface area contributed by atoms with Crippen molar-refractivity contribution in [2.45, 2.75) is 13.3 Å². The summed E-state index contributed by atoms with van der Waals surface area (Å²) >= 11 is 4.87. The van der Waals surface area contributed by atoms with Gasteiger partial charge in [0.05, 0.1) is 9.48 Å². The second-order valence-electron chi connectivity index (χ2n) is 2.32. The Hall–Kier alpha value is -0.620. The van der Waals surface area contributed by atoms with E-state index in [4.69, 9.17) is 0 Å². The van der Waals surface area contributed by atoms with Crippen molar-refractivity contribution in [3.8, 4) is 0 Å². The number of H-pyrrole nitrogens is 1. The van der Waals surface area contributed by atoms with E-state index in [9.17, 15) is 4.79 Å². The van der Waals surface area contributed by atoms with Gasteiger partial charge in [-0.25, -0.2) is 14.4 Å². The summed E-state index contributed by atoms with van der Waals surface area (Å²) in [4.78, 5) is 15.3. The number of hydrogen-bond donors (Lipinski definition) is 1. The Morgan fingerprint density at radius 1 is 1.75 bits per heavy atom. The van der Waals surface area contributed by atoms with Gasteiger partial charge in [-0.2, -0.15) is 4.98 Å². The minimum absolute atomic E-state index is 0.288. The highest BCUT2D eigenvalue weighted by atomic mass is 79.9. The summed E-state index contributed by atoms with van der Waals surface area (Å²) in [5.41, 5.74) is 0.771. The largest absolute Gasteiger partial charge is 0.362 e. The normalized spacial score (nSPS) is 11.2. The minimum atomic E-state index is -0.288. The number of fused-ring (bicyclic) bond motifs is 1. The van der Waals surface area contributed by atoms with Crippen LogP contribution < -0.4 is 5.69 Å². The lowest BCUT2D eigenvalue weighted by Gasteiger charge is -1.91. The molecule has 64 valence electrons. The van der Waals surface area contributed by atoms with Crippen LogP contribution in [0.25, 0.3) is 4.96 Å². The van der Waals surface area contributed by atoms with Gasteiger partial charge >= 0.3 is 5.69 Å². The lowest BCUT2D eigenvalue weighted by Crippen LogP contribution is -2.03. The molecule has 0 saturated heterocycles. The van der Waals surface area contributed by atoms with Crippen molar-refractivity contribution in [3.05, 3.63) is 20.0 Å². The Labute approximate surface area is 80.4 Å². The summed E-state index contributed by atoms with van der Waals surface area (Å²) in [5, 5.41) is 2.63. The van der Waals surface area contributed by atoms with Crippen LogP contribution in [0.4, 0.5) is 0 Å². The van der Waals surface area contributed by atoms with Crippen molar-refractivity contribution in [1.29, 1.82) is 0 Å². The first-order valence-corrected chi connectivity index (χ1v) is 5.09. The highest BCUT2D eigenvalue weighted by Crippen LogP contribution is 2.26. The molecule has 0 radical (unpaired) electrons. The quantitative estimate of drug-likeness (QED) is 0.829. The van der Waals surface area contributed by atoms with Crippen LogP contribution in [0.1, 0.15) is 12.6 Å². The fourth-order valence-electron chi connectivity index (χ4n) is 1.08. The first-order valence-electron chi connectivity index (χ1n) is 3.48. The van der Waals surface area contributed by atoms with Crippen molar-refractivity contribution in [3.63, 3.8) is 0 Å². The summed E-state index contributed by atoms with van der Waals surface area (Å²) in [7, 11) is 0. The molecule has 6 heteroatoms. The zero-order chi connectivity index (χ0) is 8.72. The summed E-state index contributed by atoms with van der Waals surface area (Å²) < 4.78 is 2.75. The molecule has 0 saturated carbocycles. The third-order valence-corrected chi connectivity index (χ3v) is 3.42. The third kappa shape index (κ3) is 1.02. The van der Waals surface area contributed by atoms with E-state index in [1.165, 1.54) is 11.3 Å². The number of aromatic nitrogens is 3. The number of aromatic amines is 1. The molecule has 0 bridgehead atoms. The van der Waals surface area contributed by atoms with Gasteiger partial charge in [-0.05, 0) is 22.4 Å². The monoisotopic (exact) mass is 247 g/mol. The molecule has 1 N–H and O–H groups in total. The molecule has 0 aliphatic rings. The van der Waals surface area contributed by atoms with Gasteiger partial charge in [0.1, 0.15) is 0 Å². The molecule has 12 heavy (non-hydrogen) atoms. The van der Waals surface area contributed by atoms with Crippen molar-refractivity contribution in [2.75, 3.05) is 0 Å². The summed E-state index contributed by atoms with van der Waals surface area (Å²) in [6.45, 7) is 2.03. The van der Waals surface area contributed by atoms with Crippen LogP contribution in [0, 0.1) is 0 Å².